The Balaban J connectivity index is 1.82. The second-order valence-electron chi connectivity index (χ2n) is 5.90. The molecule has 1 heterocycles. The van der Waals surface area contributed by atoms with E-state index in [1.165, 1.54) is 37.7 Å². The Morgan fingerprint density at radius 2 is 1.44 bits per heavy atom. The predicted octanol–water partition coefficient (Wildman–Crippen LogP) is 5.08. The Morgan fingerprint density at radius 3 is 1.97 bits per heavy atom. The fourth-order valence-electron chi connectivity index (χ4n) is 2.39. The van der Waals surface area contributed by atoms with Crippen molar-refractivity contribution in [2.45, 2.75) is 0 Å². The van der Waals surface area contributed by atoms with Gasteiger partial charge in [-0.2, -0.15) is 14.9 Å². The Labute approximate surface area is 215 Å². The Bertz CT molecular complexity index is 1210. The Hall–Kier alpha value is -2.16. The van der Waals surface area contributed by atoms with Crippen LogP contribution in [0.1, 0.15) is 11.1 Å². The summed E-state index contributed by atoms with van der Waals surface area (Å²) in [4.78, 5) is 0. The second kappa shape index (κ2) is 10.6. The molecule has 0 aliphatic rings. The average Bonchev–Trinajstić information content (AvgIpc) is 3.24. The number of hydrogen-bond acceptors (Lipinski definition) is 9. The molecule has 0 spiro atoms. The molecule has 168 valence electrons. The molecule has 0 fully saturated rings. The highest BCUT2D eigenvalue weighted by Crippen LogP contribution is 2.42. The molecule has 0 amide bonds. The topological polar surface area (TPSA) is 126 Å². The number of anilines is 1. The fraction of sp³-hybridized carbons (Fsp3) is 0.111. The number of aromatic hydroxyl groups is 2. The van der Waals surface area contributed by atoms with Gasteiger partial charge in [-0.1, -0.05) is 0 Å². The first-order chi connectivity index (χ1) is 15.3. The zero-order valence-corrected chi connectivity index (χ0v) is 22.7. The van der Waals surface area contributed by atoms with Crippen LogP contribution in [-0.4, -0.2) is 51.7 Å². The summed E-state index contributed by atoms with van der Waals surface area (Å²) in [5, 5.41) is 36.3. The molecule has 3 N–H and O–H groups in total. The fourth-order valence-corrected chi connectivity index (χ4v) is 4.05. The number of nitrogens with zero attached hydrogens (tertiary/aromatic N) is 5. The lowest BCUT2D eigenvalue weighted by atomic mass is 10.2. The summed E-state index contributed by atoms with van der Waals surface area (Å²) < 4.78 is 13.7. The molecule has 2 aromatic carbocycles. The number of methoxy groups -OCH3 is 2. The standard InChI is InChI=1S/C18H14Br4N6O4/c1-31-10-3-8(12(19)14(21)16(10)29)5-23-26-18-27-24-7-28(18)25-6-9-4-11(32-2)17(30)15(22)13(9)20/h3-7,29-30H,1-2H3,(H,26,27)/b23-5+,25-6+. The van der Waals surface area contributed by atoms with E-state index < -0.39 is 0 Å². The van der Waals surface area contributed by atoms with E-state index in [-0.39, 0.29) is 28.9 Å². The van der Waals surface area contributed by atoms with Crippen molar-refractivity contribution in [1.82, 2.24) is 14.9 Å². The summed E-state index contributed by atoms with van der Waals surface area (Å²) in [6.07, 6.45) is 4.44. The molecular weight excluding hydrogens is 684 g/mol. The molecule has 0 aliphatic carbocycles. The molecule has 3 rings (SSSR count). The van der Waals surface area contributed by atoms with Gasteiger partial charge in [0.05, 0.1) is 35.6 Å². The minimum absolute atomic E-state index is 0.0257. The quantitative estimate of drug-likeness (QED) is 0.232. The average molecular weight is 698 g/mol. The van der Waals surface area contributed by atoms with Gasteiger partial charge in [-0.15, -0.1) is 10.2 Å². The minimum atomic E-state index is -0.0267. The number of nitrogens with one attached hydrogen (secondary N) is 1. The van der Waals surface area contributed by atoms with E-state index in [2.05, 4.69) is 89.5 Å². The van der Waals surface area contributed by atoms with Gasteiger partial charge in [0, 0.05) is 20.1 Å². The first kappa shape index (κ1) is 24.5. The monoisotopic (exact) mass is 694 g/mol. The van der Waals surface area contributed by atoms with Crippen LogP contribution in [0.15, 0.2) is 46.6 Å². The maximum Gasteiger partial charge on any atom is 0.265 e. The Kier molecular flexibility index (Phi) is 8.14. The number of phenols is 2. The molecule has 1 aromatic heterocycles. The molecule has 32 heavy (non-hydrogen) atoms. The van der Waals surface area contributed by atoms with E-state index in [9.17, 15) is 10.2 Å². The van der Waals surface area contributed by atoms with Crippen LogP contribution in [0.4, 0.5) is 5.95 Å². The number of halogens is 4. The molecular formula is C18H14Br4N6O4. The lowest BCUT2D eigenvalue weighted by Gasteiger charge is -2.09. The highest BCUT2D eigenvalue weighted by atomic mass is 79.9. The van der Waals surface area contributed by atoms with Crippen LogP contribution in [0, 0.1) is 0 Å². The number of aromatic nitrogens is 3. The lowest BCUT2D eigenvalue weighted by Crippen LogP contribution is -2.00. The van der Waals surface area contributed by atoms with Gasteiger partial charge in [-0.25, -0.2) is 5.43 Å². The number of rotatable bonds is 7. The maximum atomic E-state index is 10.0. The summed E-state index contributed by atoms with van der Waals surface area (Å²) in [6, 6.07) is 3.24. The van der Waals surface area contributed by atoms with Crippen molar-refractivity contribution >= 4 is 82.1 Å². The largest absolute Gasteiger partial charge is 0.503 e. The SMILES string of the molecule is COc1cc(/C=N/Nc2nncn2/N=C/c2cc(OC)c(O)c(Br)c2Br)c(Br)c(Br)c1O. The summed E-state index contributed by atoms with van der Waals surface area (Å²) >= 11 is 13.4. The van der Waals surface area contributed by atoms with E-state index >= 15 is 0 Å². The highest BCUT2D eigenvalue weighted by Gasteiger charge is 2.15. The third kappa shape index (κ3) is 5.08. The summed E-state index contributed by atoms with van der Waals surface area (Å²) in [6.45, 7) is 0. The molecule has 0 unspecified atom stereocenters. The van der Waals surface area contributed by atoms with Gasteiger partial charge < -0.3 is 19.7 Å². The van der Waals surface area contributed by atoms with Crippen LogP contribution in [-0.2, 0) is 0 Å². The van der Waals surface area contributed by atoms with E-state index in [1.54, 1.807) is 12.1 Å². The van der Waals surface area contributed by atoms with E-state index in [0.717, 1.165) is 0 Å². The minimum Gasteiger partial charge on any atom is -0.503 e. The lowest BCUT2D eigenvalue weighted by molar-refractivity contribution is 0.371. The van der Waals surface area contributed by atoms with Gasteiger partial charge in [0.2, 0.25) is 0 Å². The molecule has 14 heteroatoms. The third-order valence-electron chi connectivity index (χ3n) is 4.01. The molecule has 0 aliphatic heterocycles. The van der Waals surface area contributed by atoms with Crippen molar-refractivity contribution < 1.29 is 19.7 Å². The van der Waals surface area contributed by atoms with Crippen LogP contribution in [0.2, 0.25) is 0 Å². The van der Waals surface area contributed by atoms with E-state index in [0.29, 0.717) is 29.0 Å². The van der Waals surface area contributed by atoms with Crippen molar-refractivity contribution in [1.29, 1.82) is 0 Å². The predicted molar refractivity (Wildman–Crippen MR) is 134 cm³/mol. The van der Waals surface area contributed by atoms with E-state index in [4.69, 9.17) is 9.47 Å². The third-order valence-corrected chi connectivity index (χ3v) is 8.32. The number of ether oxygens (including phenoxy) is 2. The molecule has 3 aromatic rings. The summed E-state index contributed by atoms with van der Waals surface area (Å²) in [5.41, 5.74) is 4.03. The Morgan fingerprint density at radius 1 is 0.906 bits per heavy atom. The summed E-state index contributed by atoms with van der Waals surface area (Å²) in [5.74, 6) is 0.771. The van der Waals surface area contributed by atoms with Crippen LogP contribution in [0.5, 0.6) is 23.0 Å². The zero-order valence-electron chi connectivity index (χ0n) is 16.3. The number of hydrogen-bond donors (Lipinski definition) is 3. The van der Waals surface area contributed by atoms with E-state index in [1.807, 2.05) is 0 Å². The van der Waals surface area contributed by atoms with Gasteiger partial charge >= 0.3 is 0 Å². The molecule has 0 bridgehead atoms. The number of benzene rings is 2. The first-order valence-electron chi connectivity index (χ1n) is 8.51. The molecule has 0 radical (unpaired) electrons. The van der Waals surface area contributed by atoms with Gasteiger partial charge in [-0.05, 0) is 75.9 Å². The van der Waals surface area contributed by atoms with Gasteiger partial charge in [0.1, 0.15) is 6.33 Å². The molecule has 0 saturated carbocycles. The van der Waals surface area contributed by atoms with Gasteiger partial charge in [0.25, 0.3) is 5.95 Å². The zero-order chi connectivity index (χ0) is 23.4. The van der Waals surface area contributed by atoms with Gasteiger partial charge in [-0.3, -0.25) is 0 Å². The maximum absolute atomic E-state index is 10.0. The molecule has 0 atom stereocenters. The van der Waals surface area contributed by atoms with Crippen LogP contribution in [0.3, 0.4) is 0 Å². The van der Waals surface area contributed by atoms with Crippen molar-refractivity contribution in [3.05, 3.63) is 47.5 Å². The molecule has 0 saturated heterocycles. The molecule has 10 nitrogen and oxygen atoms in total. The van der Waals surface area contributed by atoms with Crippen LogP contribution >= 0.6 is 63.7 Å². The van der Waals surface area contributed by atoms with Crippen LogP contribution in [0.25, 0.3) is 0 Å². The van der Waals surface area contributed by atoms with Crippen molar-refractivity contribution in [2.75, 3.05) is 19.6 Å². The van der Waals surface area contributed by atoms with Crippen molar-refractivity contribution in [3.8, 4) is 23.0 Å². The summed E-state index contributed by atoms with van der Waals surface area (Å²) in [7, 11) is 2.91. The van der Waals surface area contributed by atoms with Crippen molar-refractivity contribution in [2.24, 2.45) is 10.2 Å². The van der Waals surface area contributed by atoms with Crippen molar-refractivity contribution in [3.63, 3.8) is 0 Å². The number of hydrazone groups is 1. The second-order valence-corrected chi connectivity index (χ2v) is 9.07. The highest BCUT2D eigenvalue weighted by molar-refractivity contribution is 9.13. The smallest absolute Gasteiger partial charge is 0.265 e. The van der Waals surface area contributed by atoms with Crippen LogP contribution < -0.4 is 14.9 Å². The first-order valence-corrected chi connectivity index (χ1v) is 11.7. The van der Waals surface area contributed by atoms with Gasteiger partial charge in [0.15, 0.2) is 23.0 Å². The number of phenolic OH excluding ortho intramolecular Hbond substituents is 2. The normalized spacial score (nSPS) is 11.4.